The van der Waals surface area contributed by atoms with Gasteiger partial charge in [-0.25, -0.2) is 4.98 Å². The number of carbonyl (C=O) groups excluding carboxylic acids is 2. The molecular formula is C23H31N3O4S. The van der Waals surface area contributed by atoms with Crippen LogP contribution in [0.3, 0.4) is 0 Å². The van der Waals surface area contributed by atoms with Crippen LogP contribution in [0.5, 0.6) is 11.5 Å². The summed E-state index contributed by atoms with van der Waals surface area (Å²) >= 11 is 1.39. The van der Waals surface area contributed by atoms with Crippen molar-refractivity contribution in [2.75, 3.05) is 40.4 Å². The Balaban J connectivity index is 1.71. The van der Waals surface area contributed by atoms with Gasteiger partial charge in [-0.3, -0.25) is 9.59 Å². The van der Waals surface area contributed by atoms with Crippen LogP contribution >= 0.6 is 11.3 Å². The average molecular weight is 446 g/mol. The zero-order valence-electron chi connectivity index (χ0n) is 18.9. The first kappa shape index (κ1) is 23.1. The van der Waals surface area contributed by atoms with Crippen LogP contribution in [-0.4, -0.2) is 67.0 Å². The van der Waals surface area contributed by atoms with Crippen molar-refractivity contribution in [2.45, 2.75) is 33.6 Å². The first-order valence-electron chi connectivity index (χ1n) is 10.7. The number of carbonyl (C=O) groups is 2. The molecule has 2 heterocycles. The van der Waals surface area contributed by atoms with Gasteiger partial charge in [0.2, 0.25) is 5.91 Å². The lowest BCUT2D eigenvalue weighted by Gasteiger charge is -2.33. The minimum atomic E-state index is -0.00420. The molecule has 1 saturated heterocycles. The van der Waals surface area contributed by atoms with Gasteiger partial charge in [0.25, 0.3) is 5.91 Å². The van der Waals surface area contributed by atoms with Crippen molar-refractivity contribution in [2.24, 2.45) is 5.92 Å². The van der Waals surface area contributed by atoms with Crippen LogP contribution in [0.15, 0.2) is 18.2 Å². The zero-order chi connectivity index (χ0) is 22.5. The van der Waals surface area contributed by atoms with Crippen molar-refractivity contribution in [1.29, 1.82) is 0 Å². The maximum Gasteiger partial charge on any atom is 0.265 e. The molecule has 0 N–H and O–H groups in total. The number of hydrogen-bond donors (Lipinski definition) is 0. The van der Waals surface area contributed by atoms with Gasteiger partial charge in [-0.2, -0.15) is 0 Å². The fourth-order valence-corrected chi connectivity index (χ4v) is 4.98. The van der Waals surface area contributed by atoms with Crippen molar-refractivity contribution >= 4 is 23.2 Å². The van der Waals surface area contributed by atoms with Crippen LogP contribution in [0.4, 0.5) is 0 Å². The molecule has 1 aromatic carbocycles. The molecular weight excluding hydrogens is 414 g/mol. The molecule has 0 saturated carbocycles. The molecule has 8 heteroatoms. The normalized spacial score (nSPS) is 14.4. The number of piperidine rings is 1. The van der Waals surface area contributed by atoms with E-state index >= 15 is 0 Å². The third kappa shape index (κ3) is 4.84. The van der Waals surface area contributed by atoms with Crippen LogP contribution in [0.1, 0.15) is 42.1 Å². The molecule has 3 rings (SSSR count). The van der Waals surface area contributed by atoms with Gasteiger partial charge in [-0.05, 0) is 51.8 Å². The minimum Gasteiger partial charge on any atom is -0.493 e. The molecule has 1 aliphatic rings. The predicted octanol–water partition coefficient (Wildman–Crippen LogP) is 3.86. The van der Waals surface area contributed by atoms with Gasteiger partial charge < -0.3 is 19.3 Å². The molecule has 0 atom stereocenters. The first-order valence-corrected chi connectivity index (χ1v) is 11.5. The predicted molar refractivity (Wildman–Crippen MR) is 122 cm³/mol. The second kappa shape index (κ2) is 10.1. The number of rotatable bonds is 7. The molecule has 2 amide bonds. The molecule has 2 aromatic rings. The highest BCUT2D eigenvalue weighted by molar-refractivity contribution is 7.17. The molecule has 0 aliphatic carbocycles. The Morgan fingerprint density at radius 1 is 1.13 bits per heavy atom. The summed E-state index contributed by atoms with van der Waals surface area (Å²) in [5.41, 5.74) is 1.61. The van der Waals surface area contributed by atoms with Gasteiger partial charge in [-0.15, -0.1) is 11.3 Å². The summed E-state index contributed by atoms with van der Waals surface area (Å²) in [6.45, 7) is 8.52. The number of methoxy groups -OCH3 is 2. The highest BCUT2D eigenvalue weighted by Crippen LogP contribution is 2.35. The standard InChI is InChI=1S/C23H31N3O4S/c1-6-25(7-2)22(27)16-10-12-26(13-11-16)23(28)20-15(3)24-21(31-20)17-8-9-18(29-4)19(14-17)30-5/h8-9,14,16H,6-7,10-13H2,1-5H3. The number of nitrogens with zero attached hydrogens (tertiary/aromatic N) is 3. The lowest BCUT2D eigenvalue weighted by atomic mass is 9.95. The van der Waals surface area contributed by atoms with Crippen LogP contribution < -0.4 is 9.47 Å². The van der Waals surface area contributed by atoms with Crippen LogP contribution in [0.25, 0.3) is 10.6 Å². The smallest absolute Gasteiger partial charge is 0.265 e. The lowest BCUT2D eigenvalue weighted by Crippen LogP contribution is -2.44. The van der Waals surface area contributed by atoms with Gasteiger partial charge in [0.1, 0.15) is 9.88 Å². The van der Waals surface area contributed by atoms with Gasteiger partial charge in [0, 0.05) is 37.7 Å². The molecule has 0 radical (unpaired) electrons. The fourth-order valence-electron chi connectivity index (χ4n) is 3.95. The van der Waals surface area contributed by atoms with Crippen molar-refractivity contribution in [3.63, 3.8) is 0 Å². The third-order valence-corrected chi connectivity index (χ3v) is 7.02. The number of benzene rings is 1. The summed E-state index contributed by atoms with van der Waals surface area (Å²) in [6, 6.07) is 5.62. The monoisotopic (exact) mass is 445 g/mol. The van der Waals surface area contributed by atoms with Crippen LogP contribution in [0.2, 0.25) is 0 Å². The highest BCUT2D eigenvalue weighted by atomic mass is 32.1. The van der Waals surface area contributed by atoms with Crippen molar-refractivity contribution < 1.29 is 19.1 Å². The molecule has 1 fully saturated rings. The highest BCUT2D eigenvalue weighted by Gasteiger charge is 2.31. The number of aromatic nitrogens is 1. The van der Waals surface area contributed by atoms with E-state index in [9.17, 15) is 9.59 Å². The van der Waals surface area contributed by atoms with Gasteiger partial charge in [0.05, 0.1) is 19.9 Å². The molecule has 7 nitrogen and oxygen atoms in total. The van der Waals surface area contributed by atoms with Crippen molar-refractivity contribution in [3.05, 3.63) is 28.8 Å². The van der Waals surface area contributed by atoms with Crippen molar-refractivity contribution in [1.82, 2.24) is 14.8 Å². The Morgan fingerprint density at radius 3 is 2.35 bits per heavy atom. The summed E-state index contributed by atoms with van der Waals surface area (Å²) in [5.74, 6) is 1.49. The van der Waals surface area contributed by atoms with Gasteiger partial charge >= 0.3 is 0 Å². The third-order valence-electron chi connectivity index (χ3n) is 5.83. The summed E-state index contributed by atoms with van der Waals surface area (Å²) < 4.78 is 10.7. The van der Waals surface area contributed by atoms with Crippen LogP contribution in [0, 0.1) is 12.8 Å². The second-order valence-corrected chi connectivity index (χ2v) is 8.58. The molecule has 0 spiro atoms. The number of thiazole rings is 1. The van der Waals surface area contributed by atoms with E-state index in [-0.39, 0.29) is 17.7 Å². The van der Waals surface area contributed by atoms with E-state index < -0.39 is 0 Å². The molecule has 31 heavy (non-hydrogen) atoms. The van der Waals surface area contributed by atoms with E-state index in [4.69, 9.17) is 9.47 Å². The lowest BCUT2D eigenvalue weighted by molar-refractivity contribution is -0.136. The maximum absolute atomic E-state index is 13.2. The maximum atomic E-state index is 13.2. The van der Waals surface area contributed by atoms with Gasteiger partial charge in [-0.1, -0.05) is 0 Å². The van der Waals surface area contributed by atoms with E-state index in [2.05, 4.69) is 4.98 Å². The van der Waals surface area contributed by atoms with E-state index in [1.54, 1.807) is 14.2 Å². The topological polar surface area (TPSA) is 72.0 Å². The molecule has 1 aliphatic heterocycles. The molecule has 0 bridgehead atoms. The average Bonchev–Trinajstić information content (AvgIpc) is 3.20. The quantitative estimate of drug-likeness (QED) is 0.647. The summed E-state index contributed by atoms with van der Waals surface area (Å²) in [4.78, 5) is 34.8. The summed E-state index contributed by atoms with van der Waals surface area (Å²) in [7, 11) is 3.19. The Labute approximate surface area is 188 Å². The first-order chi connectivity index (χ1) is 14.9. The minimum absolute atomic E-state index is 0.00420. The van der Waals surface area contributed by atoms with E-state index in [1.165, 1.54) is 11.3 Å². The van der Waals surface area contributed by atoms with Crippen LogP contribution in [-0.2, 0) is 4.79 Å². The van der Waals surface area contributed by atoms with Crippen molar-refractivity contribution in [3.8, 4) is 22.1 Å². The van der Waals surface area contributed by atoms with Gasteiger partial charge in [0.15, 0.2) is 11.5 Å². The number of ether oxygens (including phenoxy) is 2. The molecule has 1 aromatic heterocycles. The Hall–Kier alpha value is -2.61. The van der Waals surface area contributed by atoms with E-state index in [0.29, 0.717) is 42.3 Å². The number of hydrogen-bond acceptors (Lipinski definition) is 6. The second-order valence-electron chi connectivity index (χ2n) is 7.58. The SMILES string of the molecule is CCN(CC)C(=O)C1CCN(C(=O)c2sc(-c3ccc(OC)c(OC)c3)nc2C)CC1. The molecule has 0 unspecified atom stereocenters. The largest absolute Gasteiger partial charge is 0.493 e. The number of amides is 2. The number of likely N-dealkylation sites (tertiary alicyclic amines) is 1. The fraction of sp³-hybridized carbons (Fsp3) is 0.522. The summed E-state index contributed by atoms with van der Waals surface area (Å²) in [5, 5.41) is 0.772. The zero-order valence-corrected chi connectivity index (χ0v) is 19.8. The van der Waals surface area contributed by atoms with E-state index in [0.717, 1.165) is 29.4 Å². The van der Waals surface area contributed by atoms with E-state index in [1.807, 2.05) is 48.8 Å². The Morgan fingerprint density at radius 2 is 1.77 bits per heavy atom. The molecule has 168 valence electrons. The summed E-state index contributed by atoms with van der Waals surface area (Å²) in [6.07, 6.45) is 1.42. The Bertz CT molecular complexity index is 931. The Kier molecular flexibility index (Phi) is 7.54. The number of aryl methyl sites for hydroxylation is 1.